The van der Waals surface area contributed by atoms with E-state index in [1.807, 2.05) is 12.1 Å². The van der Waals surface area contributed by atoms with Crippen LogP contribution in [0.15, 0.2) is 29.8 Å². The molecule has 0 saturated heterocycles. The predicted octanol–water partition coefficient (Wildman–Crippen LogP) is 9.45. The summed E-state index contributed by atoms with van der Waals surface area (Å²) in [5, 5.41) is 0. The highest BCUT2D eigenvalue weighted by Gasteiger charge is 2.36. The number of esters is 4. The van der Waals surface area contributed by atoms with Crippen molar-refractivity contribution in [2.45, 2.75) is 113 Å². The topological polar surface area (TPSA) is 163 Å². The van der Waals surface area contributed by atoms with Crippen LogP contribution in [-0.2, 0) is 57.4 Å². The van der Waals surface area contributed by atoms with Gasteiger partial charge in [0, 0.05) is 40.5 Å². The Labute approximate surface area is 351 Å². The van der Waals surface area contributed by atoms with Gasteiger partial charge in [-0.1, -0.05) is 27.7 Å². The molecule has 1 aliphatic carbocycles. The van der Waals surface area contributed by atoms with Crippen LogP contribution in [0.2, 0.25) is 0 Å². The number of carbonyl (C=O) groups is 4. The fourth-order valence-electron chi connectivity index (χ4n) is 8.77. The Bertz CT molecular complexity index is 2450. The fourth-order valence-corrected chi connectivity index (χ4v) is 8.77. The number of aryl methyl sites for hydroxylation is 2. The van der Waals surface area contributed by atoms with Crippen LogP contribution in [-0.4, -0.2) is 70.2 Å². The minimum Gasteiger partial charge on any atom is -0.466 e. The molecule has 8 bridgehead atoms. The number of fused-ring (bicyclic) bond motifs is 11. The molecule has 1 unspecified atom stereocenters. The van der Waals surface area contributed by atoms with Crippen molar-refractivity contribution in [1.29, 1.82) is 0 Å². The van der Waals surface area contributed by atoms with E-state index in [9.17, 15) is 19.2 Å². The van der Waals surface area contributed by atoms with Crippen LogP contribution in [0.3, 0.4) is 0 Å². The lowest BCUT2D eigenvalue weighted by Crippen LogP contribution is -2.29. The fraction of sp³-hybridized carbons (Fsp3) is 0.458. The summed E-state index contributed by atoms with van der Waals surface area (Å²) >= 11 is 0. The van der Waals surface area contributed by atoms with Gasteiger partial charge >= 0.3 is 23.9 Å². The van der Waals surface area contributed by atoms with E-state index in [-0.39, 0.29) is 63.2 Å². The van der Waals surface area contributed by atoms with Crippen LogP contribution >= 0.6 is 0 Å². The lowest BCUT2D eigenvalue weighted by molar-refractivity contribution is -0.150. The van der Waals surface area contributed by atoms with Gasteiger partial charge in [0.15, 0.2) is 0 Å². The number of hydrogen-bond donors (Lipinski definition) is 2. The third-order valence-electron chi connectivity index (χ3n) is 11.4. The summed E-state index contributed by atoms with van der Waals surface area (Å²) in [5.74, 6) is -2.47. The van der Waals surface area contributed by atoms with E-state index in [0.29, 0.717) is 37.1 Å². The molecule has 0 radical (unpaired) electrons. The summed E-state index contributed by atoms with van der Waals surface area (Å²) in [6.07, 6.45) is 5.99. The third-order valence-corrected chi connectivity index (χ3v) is 11.4. The molecule has 3 aromatic rings. The monoisotopic (exact) mass is 818 g/mol. The summed E-state index contributed by atoms with van der Waals surface area (Å²) in [4.78, 5) is 70.5. The maximum Gasteiger partial charge on any atom is 0.334 e. The number of aromatic nitrogens is 4. The van der Waals surface area contributed by atoms with Crippen molar-refractivity contribution in [1.82, 2.24) is 19.9 Å². The molecule has 12 nitrogen and oxygen atoms in total. The minimum atomic E-state index is -0.845. The second-order valence-corrected chi connectivity index (χ2v) is 14.9. The molecule has 318 valence electrons. The maximum atomic E-state index is 13.5. The zero-order valence-corrected chi connectivity index (χ0v) is 36.3. The molecule has 12 heteroatoms. The van der Waals surface area contributed by atoms with Crippen molar-refractivity contribution >= 4 is 74.3 Å². The second kappa shape index (κ2) is 19.5. The molecule has 6 rings (SSSR count). The molecule has 0 amide bonds. The molecule has 0 saturated carbocycles. The molecule has 3 aliphatic rings. The third kappa shape index (κ3) is 8.88. The number of ether oxygens (including phenoxy) is 4. The first-order valence-electron chi connectivity index (χ1n) is 21.6. The van der Waals surface area contributed by atoms with Gasteiger partial charge in [0.05, 0.1) is 60.7 Å². The first-order valence-corrected chi connectivity index (χ1v) is 21.6. The molecule has 0 aromatic carbocycles. The summed E-state index contributed by atoms with van der Waals surface area (Å²) in [6, 6.07) is 8.19. The molecule has 0 spiro atoms. The highest BCUT2D eigenvalue weighted by Crippen LogP contribution is 2.42. The largest absolute Gasteiger partial charge is 0.466 e. The Morgan fingerprint density at radius 2 is 1.05 bits per heavy atom. The molecule has 2 N–H and O–H groups in total. The minimum absolute atomic E-state index is 0.154. The van der Waals surface area contributed by atoms with Gasteiger partial charge in [0.1, 0.15) is 0 Å². The SMILES string of the molecule is CCOC(=O)CCC1=C(CCC(=O)OCC)c2cc3[nH]c(cc4[nH]c(cc5nc(cc1n2)C(CC)=C5CC)c1c4C=C(C(=O)OCC)C(C(=O)OCC)C1)c(CC)c3CC. The summed E-state index contributed by atoms with van der Waals surface area (Å²) < 4.78 is 21.7. The van der Waals surface area contributed by atoms with Gasteiger partial charge in [-0.3, -0.25) is 14.4 Å². The van der Waals surface area contributed by atoms with Gasteiger partial charge in [-0.05, 0) is 142 Å². The summed E-state index contributed by atoms with van der Waals surface area (Å²) in [6.45, 7) is 16.5. The van der Waals surface area contributed by atoms with Crippen molar-refractivity contribution in [3.63, 3.8) is 0 Å². The number of carbonyl (C=O) groups excluding carboxylic acids is 4. The number of hydrogen-bond acceptors (Lipinski definition) is 10. The van der Waals surface area contributed by atoms with Gasteiger partial charge in [-0.15, -0.1) is 0 Å². The molecule has 60 heavy (non-hydrogen) atoms. The smallest absolute Gasteiger partial charge is 0.334 e. The molecular formula is C48H58N4O8. The van der Waals surface area contributed by atoms with Crippen LogP contribution < -0.4 is 0 Å². The Kier molecular flexibility index (Phi) is 14.2. The van der Waals surface area contributed by atoms with E-state index in [4.69, 9.17) is 28.9 Å². The van der Waals surface area contributed by atoms with Gasteiger partial charge in [-0.2, -0.15) is 0 Å². The number of allylic oxidation sites excluding steroid dienone is 4. The van der Waals surface area contributed by atoms with Crippen LogP contribution in [0.4, 0.5) is 0 Å². The first kappa shape index (κ1) is 43.8. The predicted molar refractivity (Wildman–Crippen MR) is 234 cm³/mol. The molecule has 5 heterocycles. The lowest BCUT2D eigenvalue weighted by Gasteiger charge is -2.22. The van der Waals surface area contributed by atoms with Crippen molar-refractivity contribution in [3.05, 3.63) is 74.9 Å². The molecule has 1 atom stereocenters. The normalized spacial score (nSPS) is 14.8. The van der Waals surface area contributed by atoms with Crippen LogP contribution in [0, 0.1) is 5.92 Å². The highest BCUT2D eigenvalue weighted by molar-refractivity contribution is 6.04. The number of aromatic amines is 2. The molecule has 0 fully saturated rings. The zero-order chi connectivity index (χ0) is 43.1. The Hall–Kier alpha value is -5.78. The number of nitrogens with one attached hydrogen (secondary N) is 2. The molecule has 3 aromatic heterocycles. The van der Waals surface area contributed by atoms with Gasteiger partial charge < -0.3 is 28.9 Å². The standard InChI is InChI=1S/C48H58N4O8/c1-9-27-29(11-3)39-25-43-33-21-35(47(55)59-15-7)36(48(56)60-16-8)22-34(33)44(52-43)26-40-30(12-4)28(10-2)38(50-40)24-42-32(18-20-46(54)58-14-6)31(17-19-45(53)57-13-5)41(51-42)23-37(27)49-39/h21,23-26,36,49,52H,9-20,22H2,1-8H3. The highest BCUT2D eigenvalue weighted by atomic mass is 16.5. The van der Waals surface area contributed by atoms with E-state index in [1.54, 1.807) is 33.8 Å². The number of H-pyrrole nitrogens is 2. The van der Waals surface area contributed by atoms with Gasteiger partial charge in [0.25, 0.3) is 0 Å². The quantitative estimate of drug-likeness (QED) is 0.105. The maximum absolute atomic E-state index is 13.5. The average molecular weight is 819 g/mol. The van der Waals surface area contributed by atoms with Gasteiger partial charge in [0.2, 0.25) is 0 Å². The van der Waals surface area contributed by atoms with E-state index < -0.39 is 17.9 Å². The van der Waals surface area contributed by atoms with Crippen molar-refractivity contribution in [2.24, 2.45) is 5.92 Å². The Morgan fingerprint density at radius 3 is 1.58 bits per heavy atom. The second-order valence-electron chi connectivity index (χ2n) is 14.9. The van der Waals surface area contributed by atoms with Crippen LogP contribution in [0.5, 0.6) is 0 Å². The summed E-state index contributed by atoms with van der Waals surface area (Å²) in [5.41, 5.74) is 14.4. The van der Waals surface area contributed by atoms with E-state index in [0.717, 1.165) is 90.8 Å². The molecular weight excluding hydrogens is 761 g/mol. The van der Waals surface area contributed by atoms with E-state index in [2.05, 4.69) is 49.8 Å². The first-order chi connectivity index (χ1) is 29.0. The van der Waals surface area contributed by atoms with E-state index in [1.165, 1.54) is 0 Å². The van der Waals surface area contributed by atoms with Crippen molar-refractivity contribution in [2.75, 3.05) is 26.4 Å². The van der Waals surface area contributed by atoms with Crippen molar-refractivity contribution < 1.29 is 38.1 Å². The van der Waals surface area contributed by atoms with Crippen LogP contribution in [0.1, 0.15) is 139 Å². The average Bonchev–Trinajstić information content (AvgIpc) is 3.95. The number of nitrogens with zero attached hydrogens (tertiary/aromatic N) is 2. The van der Waals surface area contributed by atoms with Crippen molar-refractivity contribution in [3.8, 4) is 0 Å². The lowest BCUT2D eigenvalue weighted by atomic mass is 9.84. The zero-order valence-electron chi connectivity index (χ0n) is 36.3. The van der Waals surface area contributed by atoms with E-state index >= 15 is 0 Å². The summed E-state index contributed by atoms with van der Waals surface area (Å²) in [7, 11) is 0. The Balaban J connectivity index is 1.74. The molecule has 2 aliphatic heterocycles. The number of rotatable bonds is 16. The van der Waals surface area contributed by atoms with Gasteiger partial charge in [-0.25, -0.2) is 14.8 Å². The Morgan fingerprint density at radius 1 is 0.567 bits per heavy atom. The van der Waals surface area contributed by atoms with Crippen LogP contribution in [0.25, 0.3) is 50.4 Å².